The van der Waals surface area contributed by atoms with Gasteiger partial charge in [0, 0.05) is 18.7 Å². The van der Waals surface area contributed by atoms with E-state index in [1.165, 1.54) is 14.2 Å². The highest BCUT2D eigenvalue weighted by atomic mass is 16.6. The highest BCUT2D eigenvalue weighted by Crippen LogP contribution is 2.31. The number of hydrogen-bond donors (Lipinski definition) is 1. The maximum Gasteiger partial charge on any atom is 0.252 e. The van der Waals surface area contributed by atoms with Gasteiger partial charge >= 0.3 is 0 Å². The molecule has 0 spiro atoms. The van der Waals surface area contributed by atoms with Gasteiger partial charge in [-0.2, -0.15) is 0 Å². The molecule has 0 saturated heterocycles. The quantitative estimate of drug-likeness (QED) is 0.677. The molecule has 2 atom stereocenters. The molecule has 32 heavy (non-hydrogen) atoms. The highest BCUT2D eigenvalue weighted by molar-refractivity contribution is 5.98. The molecular weight excluding hydrogens is 412 g/mol. The summed E-state index contributed by atoms with van der Waals surface area (Å²) in [6, 6.07) is 11.6. The van der Waals surface area contributed by atoms with Crippen LogP contribution in [0.4, 0.5) is 0 Å². The van der Waals surface area contributed by atoms with E-state index in [-0.39, 0.29) is 23.8 Å². The van der Waals surface area contributed by atoms with Crippen LogP contribution in [0.3, 0.4) is 0 Å². The number of carbonyl (C=O) groups is 2. The molecular formula is C24H30N2O6. The number of ether oxygens (including phenoxy) is 4. The van der Waals surface area contributed by atoms with Crippen molar-refractivity contribution < 1.29 is 28.5 Å². The summed E-state index contributed by atoms with van der Waals surface area (Å²) in [5.74, 6) is 1.64. The molecule has 1 aliphatic heterocycles. The van der Waals surface area contributed by atoms with E-state index < -0.39 is 6.04 Å². The van der Waals surface area contributed by atoms with Crippen LogP contribution in [0.15, 0.2) is 42.5 Å². The second kappa shape index (κ2) is 10.3. The first-order valence-corrected chi connectivity index (χ1v) is 10.5. The third-order valence-corrected chi connectivity index (χ3v) is 5.25. The van der Waals surface area contributed by atoms with Gasteiger partial charge in [0.25, 0.3) is 5.91 Å². The fourth-order valence-electron chi connectivity index (χ4n) is 3.46. The summed E-state index contributed by atoms with van der Waals surface area (Å²) in [7, 11) is 4.73. The predicted molar refractivity (Wildman–Crippen MR) is 120 cm³/mol. The Morgan fingerprint density at radius 1 is 1.09 bits per heavy atom. The minimum absolute atomic E-state index is 0.120. The molecule has 2 amide bonds. The van der Waals surface area contributed by atoms with Crippen LogP contribution in [0.2, 0.25) is 0 Å². The Bertz CT molecular complexity index is 939. The van der Waals surface area contributed by atoms with Gasteiger partial charge in [0.05, 0.1) is 20.8 Å². The number of amides is 2. The normalized spacial score (nSPS) is 15.6. The summed E-state index contributed by atoms with van der Waals surface area (Å²) in [6.45, 7) is 4.45. The van der Waals surface area contributed by atoms with Crippen molar-refractivity contribution in [3.8, 4) is 23.0 Å². The van der Waals surface area contributed by atoms with Crippen LogP contribution >= 0.6 is 0 Å². The fraction of sp³-hybridized carbons (Fsp3) is 0.417. The minimum atomic E-state index is -0.707. The first-order chi connectivity index (χ1) is 15.3. The monoisotopic (exact) mass is 442 g/mol. The average molecular weight is 443 g/mol. The number of carbonyl (C=O) groups excluding carboxylic acids is 2. The van der Waals surface area contributed by atoms with Gasteiger partial charge in [-0.3, -0.25) is 9.59 Å². The first kappa shape index (κ1) is 23.2. The molecule has 1 aliphatic rings. The molecule has 0 fully saturated rings. The van der Waals surface area contributed by atoms with Crippen molar-refractivity contribution in [2.75, 3.05) is 34.4 Å². The number of rotatable bonds is 8. The zero-order valence-corrected chi connectivity index (χ0v) is 19.1. The minimum Gasteiger partial charge on any atom is -0.497 e. The Hall–Kier alpha value is -3.42. The van der Waals surface area contributed by atoms with E-state index in [1.54, 1.807) is 30.1 Å². The molecule has 2 aromatic rings. The molecule has 8 heteroatoms. The number of benzene rings is 2. The number of methoxy groups -OCH3 is 2. The van der Waals surface area contributed by atoms with E-state index in [0.29, 0.717) is 41.7 Å². The van der Waals surface area contributed by atoms with Crippen LogP contribution in [0, 0.1) is 5.92 Å². The second-order valence-electron chi connectivity index (χ2n) is 8.01. The number of likely N-dealkylation sites (N-methyl/N-ethyl adjacent to an activating group) is 1. The number of hydrogen-bond acceptors (Lipinski definition) is 6. The molecule has 0 bridgehead atoms. The topological polar surface area (TPSA) is 86.3 Å². The van der Waals surface area contributed by atoms with Gasteiger partial charge in [-0.25, -0.2) is 0 Å². The summed E-state index contributed by atoms with van der Waals surface area (Å²) in [5.41, 5.74) is 0.350. The van der Waals surface area contributed by atoms with Gasteiger partial charge in [-0.15, -0.1) is 0 Å². The largest absolute Gasteiger partial charge is 0.497 e. The van der Waals surface area contributed by atoms with Crippen molar-refractivity contribution in [3.63, 3.8) is 0 Å². The van der Waals surface area contributed by atoms with Gasteiger partial charge in [0.1, 0.15) is 24.1 Å². The van der Waals surface area contributed by atoms with E-state index in [0.717, 1.165) is 0 Å². The average Bonchev–Trinajstić information content (AvgIpc) is 2.81. The summed E-state index contributed by atoms with van der Waals surface area (Å²) in [4.78, 5) is 27.7. The molecule has 0 aliphatic carbocycles. The number of fused-ring (bicyclic) bond motifs is 1. The zero-order chi connectivity index (χ0) is 23.3. The lowest BCUT2D eigenvalue weighted by atomic mass is 10.0. The smallest absolute Gasteiger partial charge is 0.252 e. The summed E-state index contributed by atoms with van der Waals surface area (Å²) < 4.78 is 22.2. The molecule has 8 nitrogen and oxygen atoms in total. The van der Waals surface area contributed by atoms with Crippen molar-refractivity contribution >= 4 is 11.8 Å². The number of nitrogens with zero attached hydrogens (tertiary/aromatic N) is 1. The van der Waals surface area contributed by atoms with E-state index in [4.69, 9.17) is 18.9 Å². The maximum absolute atomic E-state index is 13.2. The van der Waals surface area contributed by atoms with Crippen LogP contribution in [-0.2, 0) is 4.79 Å². The Balaban J connectivity index is 1.67. The molecule has 172 valence electrons. The summed E-state index contributed by atoms with van der Waals surface area (Å²) >= 11 is 0. The molecule has 2 aromatic carbocycles. The van der Waals surface area contributed by atoms with Crippen LogP contribution in [-0.4, -0.2) is 63.3 Å². The lowest BCUT2D eigenvalue weighted by molar-refractivity contribution is -0.134. The zero-order valence-electron chi connectivity index (χ0n) is 19.1. The maximum atomic E-state index is 13.2. The van der Waals surface area contributed by atoms with E-state index >= 15 is 0 Å². The SMILES string of the molecule is COc1cc(OC)cc(C(=O)NC(C(=O)N(C)CC2COc3ccccc3O2)C(C)C)c1. The standard InChI is InChI=1S/C24H30N2O6/c1-15(2)22(25-23(27)16-10-17(29-4)12-18(11-16)30-5)24(28)26(3)13-19-14-31-20-8-6-7-9-21(20)32-19/h6-12,15,19,22H,13-14H2,1-5H3,(H,25,27). The Morgan fingerprint density at radius 3 is 2.31 bits per heavy atom. The van der Waals surface area contributed by atoms with Crippen LogP contribution < -0.4 is 24.3 Å². The molecule has 2 unspecified atom stereocenters. The first-order valence-electron chi connectivity index (χ1n) is 10.5. The van der Waals surface area contributed by atoms with Crippen molar-refractivity contribution in [1.82, 2.24) is 10.2 Å². The van der Waals surface area contributed by atoms with Crippen LogP contribution in [0.25, 0.3) is 0 Å². The number of nitrogens with one attached hydrogen (secondary N) is 1. The van der Waals surface area contributed by atoms with Crippen molar-refractivity contribution in [1.29, 1.82) is 0 Å². The van der Waals surface area contributed by atoms with Crippen molar-refractivity contribution in [3.05, 3.63) is 48.0 Å². The van der Waals surface area contributed by atoms with E-state index in [9.17, 15) is 9.59 Å². The summed E-state index contributed by atoms with van der Waals surface area (Å²) in [6.07, 6.45) is -0.301. The van der Waals surface area contributed by atoms with Gasteiger partial charge in [0.2, 0.25) is 5.91 Å². The fourth-order valence-corrected chi connectivity index (χ4v) is 3.46. The Kier molecular flexibility index (Phi) is 7.45. The van der Waals surface area contributed by atoms with Crippen LogP contribution in [0.1, 0.15) is 24.2 Å². The lowest BCUT2D eigenvalue weighted by Crippen LogP contribution is -2.52. The third-order valence-electron chi connectivity index (χ3n) is 5.25. The molecule has 1 N–H and O–H groups in total. The lowest BCUT2D eigenvalue weighted by Gasteiger charge is -2.32. The van der Waals surface area contributed by atoms with Gasteiger partial charge in [-0.1, -0.05) is 26.0 Å². The number of para-hydroxylation sites is 2. The van der Waals surface area contributed by atoms with E-state index in [2.05, 4.69) is 5.32 Å². The van der Waals surface area contributed by atoms with E-state index in [1.807, 2.05) is 38.1 Å². The predicted octanol–water partition coefficient (Wildman–Crippen LogP) is 2.76. The molecule has 0 saturated carbocycles. The summed E-state index contributed by atoms with van der Waals surface area (Å²) in [5, 5.41) is 2.86. The van der Waals surface area contributed by atoms with Crippen LogP contribution in [0.5, 0.6) is 23.0 Å². The molecule has 0 radical (unpaired) electrons. The van der Waals surface area contributed by atoms with Crippen molar-refractivity contribution in [2.24, 2.45) is 5.92 Å². The van der Waals surface area contributed by atoms with Gasteiger partial charge in [-0.05, 0) is 30.2 Å². The Morgan fingerprint density at radius 2 is 1.72 bits per heavy atom. The second-order valence-corrected chi connectivity index (χ2v) is 8.01. The highest BCUT2D eigenvalue weighted by Gasteiger charge is 2.30. The molecule has 0 aromatic heterocycles. The molecule has 1 heterocycles. The van der Waals surface area contributed by atoms with Gasteiger partial charge in [0.15, 0.2) is 17.6 Å². The molecule has 3 rings (SSSR count). The third kappa shape index (κ3) is 5.43. The van der Waals surface area contributed by atoms with Crippen molar-refractivity contribution in [2.45, 2.75) is 26.0 Å². The Labute approximate surface area is 188 Å². The van der Waals surface area contributed by atoms with Gasteiger partial charge < -0.3 is 29.2 Å².